The van der Waals surface area contributed by atoms with Crippen molar-refractivity contribution in [1.29, 1.82) is 0 Å². The van der Waals surface area contributed by atoms with Crippen LogP contribution in [0.25, 0.3) is 0 Å². The third kappa shape index (κ3) is 1.99. The number of anilines is 1. The van der Waals surface area contributed by atoms with E-state index in [2.05, 4.69) is 10.6 Å². The smallest absolute Gasteiger partial charge is 0.259 e. The second-order valence-corrected chi connectivity index (χ2v) is 4.51. The first-order valence-electron chi connectivity index (χ1n) is 5.99. The Morgan fingerprint density at radius 2 is 1.95 bits per heavy atom. The number of benzene rings is 1. The van der Waals surface area contributed by atoms with E-state index >= 15 is 0 Å². The summed E-state index contributed by atoms with van der Waals surface area (Å²) in [6.45, 7) is 0.665. The van der Waals surface area contributed by atoms with Gasteiger partial charge in [-0.05, 0) is 30.3 Å². The Labute approximate surface area is 110 Å². The average Bonchev–Trinajstić information content (AvgIpc) is 2.92. The predicted octanol–water partition coefficient (Wildman–Crippen LogP) is 1.52. The summed E-state index contributed by atoms with van der Waals surface area (Å²) in [5, 5.41) is 5.52. The van der Waals surface area contributed by atoms with Crippen LogP contribution in [0.15, 0.2) is 36.5 Å². The fraction of sp³-hybridized carbons (Fsp3) is 0.143. The fourth-order valence-corrected chi connectivity index (χ4v) is 2.15. The number of amides is 2. The van der Waals surface area contributed by atoms with Crippen molar-refractivity contribution in [2.45, 2.75) is 6.54 Å². The van der Waals surface area contributed by atoms with Crippen molar-refractivity contribution in [2.75, 3.05) is 5.32 Å². The van der Waals surface area contributed by atoms with Crippen LogP contribution in [-0.4, -0.2) is 16.4 Å². The largest absolute Gasteiger partial charge is 0.379 e. The number of aryl methyl sites for hydroxylation is 1. The molecule has 0 fully saturated rings. The van der Waals surface area contributed by atoms with Crippen LogP contribution in [0.5, 0.6) is 0 Å². The lowest BCUT2D eigenvalue weighted by atomic mass is 10.1. The van der Waals surface area contributed by atoms with Crippen molar-refractivity contribution in [3.63, 3.8) is 0 Å². The van der Waals surface area contributed by atoms with E-state index in [4.69, 9.17) is 0 Å². The van der Waals surface area contributed by atoms with Crippen LogP contribution >= 0.6 is 0 Å². The number of carbonyl (C=O) groups is 2. The summed E-state index contributed by atoms with van der Waals surface area (Å²) in [4.78, 5) is 23.0. The van der Waals surface area contributed by atoms with Crippen LogP contribution in [0.4, 0.5) is 5.69 Å². The minimum absolute atomic E-state index is 0.325. The van der Waals surface area contributed by atoms with E-state index in [1.54, 1.807) is 18.2 Å². The summed E-state index contributed by atoms with van der Waals surface area (Å²) in [7, 11) is 1.98. The van der Waals surface area contributed by atoms with E-state index in [0.717, 1.165) is 11.4 Å². The van der Waals surface area contributed by atoms with Gasteiger partial charge in [-0.1, -0.05) is 0 Å². The Balaban J connectivity index is 1.80. The summed E-state index contributed by atoms with van der Waals surface area (Å²) < 4.78 is 2.02. The Hall–Kier alpha value is -2.56. The molecule has 2 amide bonds. The van der Waals surface area contributed by atoms with Gasteiger partial charge in [0.2, 0.25) is 0 Å². The molecule has 2 N–H and O–H groups in total. The van der Waals surface area contributed by atoms with Gasteiger partial charge in [0.25, 0.3) is 11.8 Å². The van der Waals surface area contributed by atoms with Gasteiger partial charge in [0.05, 0.1) is 17.7 Å². The van der Waals surface area contributed by atoms with Gasteiger partial charge in [0, 0.05) is 24.6 Å². The van der Waals surface area contributed by atoms with E-state index in [1.165, 1.54) is 0 Å². The highest BCUT2D eigenvalue weighted by Crippen LogP contribution is 2.20. The number of rotatable bonds is 3. The summed E-state index contributed by atoms with van der Waals surface area (Å²) in [6.07, 6.45) is 1.98. The Kier molecular flexibility index (Phi) is 2.59. The molecule has 3 rings (SSSR count). The van der Waals surface area contributed by atoms with E-state index in [0.29, 0.717) is 17.7 Å². The van der Waals surface area contributed by atoms with E-state index in [1.807, 2.05) is 29.9 Å². The van der Waals surface area contributed by atoms with Gasteiger partial charge in [-0.25, -0.2) is 0 Å². The number of hydrogen-bond acceptors (Lipinski definition) is 3. The number of fused-ring (bicyclic) bond motifs is 1. The van der Waals surface area contributed by atoms with Gasteiger partial charge in [-0.3, -0.25) is 14.9 Å². The zero-order valence-corrected chi connectivity index (χ0v) is 10.4. The van der Waals surface area contributed by atoms with Crippen LogP contribution in [0.2, 0.25) is 0 Å². The lowest BCUT2D eigenvalue weighted by Gasteiger charge is -2.08. The lowest BCUT2D eigenvalue weighted by molar-refractivity contribution is 0.0879. The minimum Gasteiger partial charge on any atom is -0.379 e. The first-order chi connectivity index (χ1) is 9.15. The molecule has 0 spiro atoms. The second-order valence-electron chi connectivity index (χ2n) is 4.51. The summed E-state index contributed by atoms with van der Waals surface area (Å²) in [5.41, 5.74) is 2.84. The first-order valence-corrected chi connectivity index (χ1v) is 5.99. The van der Waals surface area contributed by atoms with Crippen LogP contribution in [0.3, 0.4) is 0 Å². The Morgan fingerprint density at radius 3 is 2.68 bits per heavy atom. The first kappa shape index (κ1) is 11.5. The Bertz CT molecular complexity index is 673. The minimum atomic E-state index is -0.331. The molecular weight excluding hydrogens is 242 g/mol. The molecule has 0 atom stereocenters. The van der Waals surface area contributed by atoms with Gasteiger partial charge < -0.3 is 9.88 Å². The van der Waals surface area contributed by atoms with Gasteiger partial charge in [0.1, 0.15) is 0 Å². The molecule has 2 aromatic rings. The quantitative estimate of drug-likeness (QED) is 0.817. The normalized spacial score (nSPS) is 13.3. The van der Waals surface area contributed by atoms with Gasteiger partial charge >= 0.3 is 0 Å². The lowest BCUT2D eigenvalue weighted by Crippen LogP contribution is -2.19. The molecule has 0 radical (unpaired) electrons. The van der Waals surface area contributed by atoms with E-state index in [9.17, 15) is 9.59 Å². The molecule has 1 aliphatic heterocycles. The SMILES string of the molecule is Cn1cccc1CNc1ccc2c(c1)C(=O)NC2=O. The molecule has 0 unspecified atom stereocenters. The molecule has 1 aromatic carbocycles. The highest BCUT2D eigenvalue weighted by atomic mass is 16.2. The van der Waals surface area contributed by atoms with Crippen molar-refractivity contribution in [2.24, 2.45) is 7.05 Å². The standard InChI is InChI=1S/C14H13N3O2/c1-17-6-2-3-10(17)8-15-9-4-5-11-12(7-9)14(19)16-13(11)18/h2-7,15H,8H2,1H3,(H,16,18,19). The molecule has 0 bridgehead atoms. The van der Waals surface area contributed by atoms with Crippen LogP contribution < -0.4 is 10.6 Å². The predicted molar refractivity (Wildman–Crippen MR) is 71.0 cm³/mol. The van der Waals surface area contributed by atoms with Crippen LogP contribution in [0, 0.1) is 0 Å². The third-order valence-electron chi connectivity index (χ3n) is 3.26. The van der Waals surface area contributed by atoms with Gasteiger partial charge in [-0.15, -0.1) is 0 Å². The van der Waals surface area contributed by atoms with Gasteiger partial charge in [0.15, 0.2) is 0 Å². The molecule has 0 aliphatic carbocycles. The van der Waals surface area contributed by atoms with E-state index in [-0.39, 0.29) is 11.8 Å². The molecule has 19 heavy (non-hydrogen) atoms. The topological polar surface area (TPSA) is 63.1 Å². The number of imide groups is 1. The van der Waals surface area contributed by atoms with Gasteiger partial charge in [-0.2, -0.15) is 0 Å². The molecule has 0 saturated heterocycles. The highest BCUT2D eigenvalue weighted by Gasteiger charge is 2.26. The van der Waals surface area contributed by atoms with Crippen molar-refractivity contribution >= 4 is 17.5 Å². The maximum Gasteiger partial charge on any atom is 0.259 e. The van der Waals surface area contributed by atoms with Crippen LogP contribution in [-0.2, 0) is 13.6 Å². The summed E-state index contributed by atoms with van der Waals surface area (Å²) in [5.74, 6) is -0.656. The zero-order chi connectivity index (χ0) is 13.4. The Morgan fingerprint density at radius 1 is 1.16 bits per heavy atom. The third-order valence-corrected chi connectivity index (χ3v) is 3.26. The average molecular weight is 255 g/mol. The molecule has 0 saturated carbocycles. The van der Waals surface area contributed by atoms with E-state index < -0.39 is 0 Å². The maximum atomic E-state index is 11.6. The monoisotopic (exact) mass is 255 g/mol. The fourth-order valence-electron chi connectivity index (χ4n) is 2.15. The molecule has 5 nitrogen and oxygen atoms in total. The molecular formula is C14H13N3O2. The second kappa shape index (κ2) is 4.28. The summed E-state index contributed by atoms with van der Waals surface area (Å²) >= 11 is 0. The molecule has 5 heteroatoms. The number of carbonyl (C=O) groups excluding carboxylic acids is 2. The number of aromatic nitrogens is 1. The molecule has 1 aromatic heterocycles. The van der Waals surface area contributed by atoms with Crippen molar-refractivity contribution in [1.82, 2.24) is 9.88 Å². The van der Waals surface area contributed by atoms with Crippen molar-refractivity contribution in [3.8, 4) is 0 Å². The molecule has 1 aliphatic rings. The zero-order valence-electron chi connectivity index (χ0n) is 10.4. The highest BCUT2D eigenvalue weighted by molar-refractivity contribution is 6.21. The number of hydrogen-bond donors (Lipinski definition) is 2. The maximum absolute atomic E-state index is 11.6. The number of nitrogens with one attached hydrogen (secondary N) is 2. The summed E-state index contributed by atoms with van der Waals surface area (Å²) in [6, 6.07) is 9.18. The molecule has 2 heterocycles. The van der Waals surface area contributed by atoms with Crippen molar-refractivity contribution < 1.29 is 9.59 Å². The molecule has 96 valence electrons. The van der Waals surface area contributed by atoms with Crippen molar-refractivity contribution in [3.05, 3.63) is 53.3 Å². The number of nitrogens with zero attached hydrogens (tertiary/aromatic N) is 1. The van der Waals surface area contributed by atoms with Crippen LogP contribution in [0.1, 0.15) is 26.4 Å².